The maximum absolute atomic E-state index is 13.2. The van der Waals surface area contributed by atoms with Gasteiger partial charge in [-0.15, -0.1) is 0 Å². The third-order valence-corrected chi connectivity index (χ3v) is 1.99. The molecule has 82 valence electrons. The van der Waals surface area contributed by atoms with Crippen LogP contribution >= 0.6 is 0 Å². The largest absolute Gasteiger partial charge is 0.207 e. The molecule has 0 amide bonds. The Morgan fingerprint density at radius 3 is 2.40 bits per heavy atom. The summed E-state index contributed by atoms with van der Waals surface area (Å²) in [5.74, 6) is -1.05. The van der Waals surface area contributed by atoms with Crippen molar-refractivity contribution in [2.24, 2.45) is 5.41 Å². The van der Waals surface area contributed by atoms with E-state index in [2.05, 4.69) is 20.8 Å². The topological polar surface area (TPSA) is 0 Å². The molecule has 0 aliphatic carbocycles. The summed E-state index contributed by atoms with van der Waals surface area (Å²) < 4.78 is 25.8. The molecule has 0 bridgehead atoms. The second-order valence-electron chi connectivity index (χ2n) is 4.83. The van der Waals surface area contributed by atoms with Gasteiger partial charge in [0.15, 0.2) is 0 Å². The van der Waals surface area contributed by atoms with E-state index in [1.54, 1.807) is 6.08 Å². The lowest BCUT2D eigenvalue weighted by Gasteiger charge is -2.14. The smallest absolute Gasteiger partial charge is 0.133 e. The van der Waals surface area contributed by atoms with Crippen molar-refractivity contribution in [1.29, 1.82) is 0 Å². The van der Waals surface area contributed by atoms with Gasteiger partial charge < -0.3 is 0 Å². The van der Waals surface area contributed by atoms with Crippen molar-refractivity contribution in [3.8, 4) is 0 Å². The fourth-order valence-electron chi connectivity index (χ4n) is 1.18. The highest BCUT2D eigenvalue weighted by atomic mass is 19.1. The van der Waals surface area contributed by atoms with Gasteiger partial charge in [0.05, 0.1) is 0 Å². The summed E-state index contributed by atoms with van der Waals surface area (Å²) >= 11 is 0. The number of halogens is 2. The van der Waals surface area contributed by atoms with Crippen LogP contribution in [0.2, 0.25) is 0 Å². The molecular weight excluding hydrogens is 194 g/mol. The Labute approximate surface area is 89.6 Å². The quantitative estimate of drug-likeness (QED) is 0.678. The Balaban J connectivity index is 2.73. The van der Waals surface area contributed by atoms with Crippen LogP contribution in [0, 0.1) is 17.0 Å². The van der Waals surface area contributed by atoms with Crippen molar-refractivity contribution >= 4 is 6.08 Å². The molecule has 0 radical (unpaired) electrons. The lowest BCUT2D eigenvalue weighted by molar-refractivity contribution is 0.421. The molecule has 0 atom stereocenters. The molecule has 1 aromatic carbocycles. The minimum atomic E-state index is -0.541. The first-order chi connectivity index (χ1) is 6.88. The number of hydrogen-bond acceptors (Lipinski definition) is 0. The maximum Gasteiger partial charge on any atom is 0.133 e. The molecule has 0 aliphatic rings. The van der Waals surface area contributed by atoms with Crippen LogP contribution in [0.5, 0.6) is 0 Å². The number of rotatable bonds is 2. The van der Waals surface area contributed by atoms with Crippen LogP contribution in [-0.2, 0) is 0 Å². The van der Waals surface area contributed by atoms with Gasteiger partial charge in [-0.05, 0) is 24.0 Å². The molecule has 1 rings (SSSR count). The standard InChI is InChI=1S/C13H16F2/c1-13(2,3)8-4-5-10-6-7-11(14)9-12(10)15/h4-7,9H,8H2,1-3H3/b5-4+. The molecule has 0 aromatic heterocycles. The molecule has 1 aromatic rings. The molecule has 0 spiro atoms. The van der Waals surface area contributed by atoms with E-state index in [1.165, 1.54) is 12.1 Å². The van der Waals surface area contributed by atoms with Gasteiger partial charge in [0.1, 0.15) is 11.6 Å². The zero-order valence-electron chi connectivity index (χ0n) is 9.35. The molecule has 0 unspecified atom stereocenters. The Bertz CT molecular complexity index is 359. The number of benzene rings is 1. The summed E-state index contributed by atoms with van der Waals surface area (Å²) in [6.45, 7) is 6.33. The van der Waals surface area contributed by atoms with Crippen molar-refractivity contribution in [2.75, 3.05) is 0 Å². The predicted molar refractivity (Wildman–Crippen MR) is 59.5 cm³/mol. The van der Waals surface area contributed by atoms with Crippen molar-refractivity contribution in [1.82, 2.24) is 0 Å². The first-order valence-corrected chi connectivity index (χ1v) is 5.00. The van der Waals surface area contributed by atoms with Gasteiger partial charge in [-0.25, -0.2) is 8.78 Å². The van der Waals surface area contributed by atoms with E-state index < -0.39 is 11.6 Å². The first kappa shape index (κ1) is 11.9. The average molecular weight is 210 g/mol. The molecule has 2 heteroatoms. The van der Waals surface area contributed by atoms with Crippen LogP contribution in [0.25, 0.3) is 6.08 Å². The van der Waals surface area contributed by atoms with E-state index in [0.29, 0.717) is 5.56 Å². The third-order valence-electron chi connectivity index (χ3n) is 1.99. The fraction of sp³-hybridized carbons (Fsp3) is 0.385. The zero-order chi connectivity index (χ0) is 11.5. The summed E-state index contributed by atoms with van der Waals surface area (Å²) in [6.07, 6.45) is 4.47. The molecule has 15 heavy (non-hydrogen) atoms. The summed E-state index contributed by atoms with van der Waals surface area (Å²) in [4.78, 5) is 0. The van der Waals surface area contributed by atoms with Crippen molar-refractivity contribution in [3.63, 3.8) is 0 Å². The number of hydrogen-bond donors (Lipinski definition) is 0. The summed E-state index contributed by atoms with van der Waals surface area (Å²) in [7, 11) is 0. The second-order valence-corrected chi connectivity index (χ2v) is 4.83. The lowest BCUT2D eigenvalue weighted by atomic mass is 9.92. The van der Waals surface area contributed by atoms with Crippen LogP contribution < -0.4 is 0 Å². The monoisotopic (exact) mass is 210 g/mol. The Morgan fingerprint density at radius 1 is 1.20 bits per heavy atom. The van der Waals surface area contributed by atoms with Crippen LogP contribution in [0.4, 0.5) is 8.78 Å². The van der Waals surface area contributed by atoms with Crippen molar-refractivity contribution < 1.29 is 8.78 Å². The highest BCUT2D eigenvalue weighted by Gasteiger charge is 2.07. The SMILES string of the molecule is CC(C)(C)C/C=C/c1ccc(F)cc1F. The molecule has 0 saturated heterocycles. The number of allylic oxidation sites excluding steroid dienone is 1. The third kappa shape index (κ3) is 4.24. The van der Waals surface area contributed by atoms with Gasteiger partial charge >= 0.3 is 0 Å². The molecule has 0 nitrogen and oxygen atoms in total. The summed E-state index contributed by atoms with van der Waals surface area (Å²) in [6, 6.07) is 3.61. The molecule has 0 aliphatic heterocycles. The second kappa shape index (κ2) is 4.56. The fourth-order valence-corrected chi connectivity index (χ4v) is 1.18. The Morgan fingerprint density at radius 2 is 1.87 bits per heavy atom. The van der Waals surface area contributed by atoms with Crippen LogP contribution in [0.1, 0.15) is 32.8 Å². The van der Waals surface area contributed by atoms with Gasteiger partial charge in [0, 0.05) is 11.6 Å². The van der Waals surface area contributed by atoms with E-state index in [0.717, 1.165) is 12.5 Å². The van der Waals surface area contributed by atoms with Crippen LogP contribution in [0.3, 0.4) is 0 Å². The van der Waals surface area contributed by atoms with Gasteiger partial charge in [0.2, 0.25) is 0 Å². The minimum Gasteiger partial charge on any atom is -0.207 e. The first-order valence-electron chi connectivity index (χ1n) is 5.00. The van der Waals surface area contributed by atoms with Gasteiger partial charge in [-0.1, -0.05) is 32.9 Å². The van der Waals surface area contributed by atoms with Gasteiger partial charge in [-0.2, -0.15) is 0 Å². The van der Waals surface area contributed by atoms with Crippen LogP contribution in [0.15, 0.2) is 24.3 Å². The normalized spacial score (nSPS) is 12.3. The van der Waals surface area contributed by atoms with E-state index in [1.807, 2.05) is 6.08 Å². The van der Waals surface area contributed by atoms with Gasteiger partial charge in [0.25, 0.3) is 0 Å². The summed E-state index contributed by atoms with van der Waals surface area (Å²) in [5.41, 5.74) is 0.619. The minimum absolute atomic E-state index is 0.188. The molecule has 0 heterocycles. The van der Waals surface area contributed by atoms with E-state index >= 15 is 0 Å². The maximum atomic E-state index is 13.2. The molecule has 0 saturated carbocycles. The molecule has 0 fully saturated rings. The van der Waals surface area contributed by atoms with E-state index in [-0.39, 0.29) is 5.41 Å². The van der Waals surface area contributed by atoms with Gasteiger partial charge in [-0.3, -0.25) is 0 Å². The van der Waals surface area contributed by atoms with Crippen LogP contribution in [-0.4, -0.2) is 0 Å². The molecule has 0 N–H and O–H groups in total. The van der Waals surface area contributed by atoms with Crippen molar-refractivity contribution in [2.45, 2.75) is 27.2 Å². The molecular formula is C13H16F2. The Kier molecular flexibility index (Phi) is 3.61. The summed E-state index contributed by atoms with van der Waals surface area (Å²) in [5, 5.41) is 0. The van der Waals surface area contributed by atoms with Crippen molar-refractivity contribution in [3.05, 3.63) is 41.5 Å². The van der Waals surface area contributed by atoms with E-state index in [9.17, 15) is 8.78 Å². The average Bonchev–Trinajstić information content (AvgIpc) is 2.07. The zero-order valence-corrected chi connectivity index (χ0v) is 9.35. The van der Waals surface area contributed by atoms with E-state index in [4.69, 9.17) is 0 Å². The lowest BCUT2D eigenvalue weighted by Crippen LogP contribution is -2.01. The highest BCUT2D eigenvalue weighted by molar-refractivity contribution is 5.49. The Hall–Kier alpha value is -1.18. The predicted octanol–water partition coefficient (Wildman–Crippen LogP) is 4.41. The highest BCUT2D eigenvalue weighted by Crippen LogP contribution is 2.20.